The molecule has 0 unspecified atom stereocenters. The summed E-state index contributed by atoms with van der Waals surface area (Å²) in [6, 6.07) is 0. The number of rotatable bonds is 8. The van der Waals surface area contributed by atoms with E-state index >= 15 is 0 Å². The lowest BCUT2D eigenvalue weighted by atomic mass is 10.0. The summed E-state index contributed by atoms with van der Waals surface area (Å²) in [6.45, 7) is 4.08. The van der Waals surface area contributed by atoms with E-state index in [0.29, 0.717) is 12.5 Å². The Kier molecular flexibility index (Phi) is 9.00. The Hall–Kier alpha value is -1.30. The molecule has 1 amide bonds. The molecule has 0 heterocycles. The molecule has 18 heavy (non-hydrogen) atoms. The van der Waals surface area contributed by atoms with Crippen molar-refractivity contribution in [2.45, 2.75) is 26.7 Å². The van der Waals surface area contributed by atoms with Gasteiger partial charge in [0.1, 0.15) is 13.2 Å². The quantitative estimate of drug-likeness (QED) is 0.660. The zero-order valence-corrected chi connectivity index (χ0v) is 11.3. The molecule has 0 spiro atoms. The Labute approximate surface area is 108 Å². The molecule has 6 nitrogen and oxygen atoms in total. The molecular weight excluding hydrogens is 238 g/mol. The monoisotopic (exact) mass is 261 g/mol. The van der Waals surface area contributed by atoms with Crippen molar-refractivity contribution in [1.29, 1.82) is 0 Å². The zero-order valence-electron chi connectivity index (χ0n) is 11.3. The first-order chi connectivity index (χ1) is 8.58. The second kappa shape index (κ2) is 9.70. The van der Waals surface area contributed by atoms with Crippen molar-refractivity contribution < 1.29 is 24.2 Å². The van der Waals surface area contributed by atoms with E-state index in [9.17, 15) is 9.59 Å². The molecule has 0 atom stereocenters. The van der Waals surface area contributed by atoms with Crippen molar-refractivity contribution in [2.75, 3.05) is 33.4 Å². The second-order valence-electron chi connectivity index (χ2n) is 3.98. The average molecular weight is 261 g/mol. The van der Waals surface area contributed by atoms with Crippen molar-refractivity contribution in [3.63, 3.8) is 0 Å². The number of ether oxygens (including phenoxy) is 2. The number of hydrogen-bond donors (Lipinski definition) is 1. The summed E-state index contributed by atoms with van der Waals surface area (Å²) in [4.78, 5) is 24.3. The third-order valence-electron chi connectivity index (χ3n) is 2.76. The van der Waals surface area contributed by atoms with Crippen LogP contribution in [0, 0.1) is 5.92 Å². The number of amides is 1. The molecule has 0 aromatic rings. The summed E-state index contributed by atoms with van der Waals surface area (Å²) < 4.78 is 9.36. The predicted octanol–water partition coefficient (Wildman–Crippen LogP) is 1.03. The van der Waals surface area contributed by atoms with Gasteiger partial charge in [0.15, 0.2) is 0 Å². The van der Waals surface area contributed by atoms with Crippen molar-refractivity contribution in [1.82, 2.24) is 4.90 Å². The van der Waals surface area contributed by atoms with E-state index in [1.807, 2.05) is 13.8 Å². The summed E-state index contributed by atoms with van der Waals surface area (Å²) in [5.41, 5.74) is 0. The largest absolute Gasteiger partial charge is 0.468 e. The predicted molar refractivity (Wildman–Crippen MR) is 66.1 cm³/mol. The van der Waals surface area contributed by atoms with E-state index in [1.54, 1.807) is 0 Å². The average Bonchev–Trinajstić information content (AvgIpc) is 2.40. The molecule has 6 heteroatoms. The van der Waals surface area contributed by atoms with Gasteiger partial charge in [-0.05, 0) is 5.92 Å². The summed E-state index contributed by atoms with van der Waals surface area (Å²) in [7, 11) is 1.27. The lowest BCUT2D eigenvalue weighted by Gasteiger charge is -2.24. The molecule has 0 aliphatic rings. The maximum atomic E-state index is 11.7. The van der Waals surface area contributed by atoms with Gasteiger partial charge in [-0.15, -0.1) is 0 Å². The van der Waals surface area contributed by atoms with Crippen LogP contribution in [0.4, 0.5) is 4.79 Å². The summed E-state index contributed by atoms with van der Waals surface area (Å²) >= 11 is 0. The maximum Gasteiger partial charge on any atom is 0.410 e. The lowest BCUT2D eigenvalue weighted by Crippen LogP contribution is -2.40. The van der Waals surface area contributed by atoms with Gasteiger partial charge in [0.25, 0.3) is 0 Å². The highest BCUT2D eigenvalue weighted by Crippen LogP contribution is 2.11. The third kappa shape index (κ3) is 6.44. The fourth-order valence-electron chi connectivity index (χ4n) is 1.51. The highest BCUT2D eigenvalue weighted by molar-refractivity contribution is 5.77. The van der Waals surface area contributed by atoms with Crippen molar-refractivity contribution in [3.05, 3.63) is 0 Å². The zero-order chi connectivity index (χ0) is 14.0. The minimum absolute atomic E-state index is 0.0700. The first-order valence-electron chi connectivity index (χ1n) is 6.18. The molecule has 0 fully saturated rings. The lowest BCUT2D eigenvalue weighted by molar-refractivity contribution is -0.141. The molecule has 0 saturated carbocycles. The summed E-state index contributed by atoms with van der Waals surface area (Å²) in [5.74, 6) is -0.168. The van der Waals surface area contributed by atoms with E-state index in [4.69, 9.17) is 9.84 Å². The molecule has 0 saturated heterocycles. The normalized spacial score (nSPS) is 10.3. The van der Waals surface area contributed by atoms with E-state index in [-0.39, 0.29) is 19.8 Å². The summed E-state index contributed by atoms with van der Waals surface area (Å²) in [6.07, 6.45) is 1.24. The number of carbonyl (C=O) groups is 2. The molecule has 0 radical (unpaired) electrons. The number of carbonyl (C=O) groups excluding carboxylic acids is 2. The van der Waals surface area contributed by atoms with Gasteiger partial charge in [0, 0.05) is 6.54 Å². The van der Waals surface area contributed by atoms with E-state index in [0.717, 1.165) is 12.8 Å². The van der Waals surface area contributed by atoms with Crippen LogP contribution in [0.15, 0.2) is 0 Å². The number of aliphatic hydroxyl groups is 1. The van der Waals surface area contributed by atoms with Crippen LogP contribution in [-0.2, 0) is 14.3 Å². The van der Waals surface area contributed by atoms with E-state index in [1.165, 1.54) is 12.0 Å². The molecule has 0 aromatic heterocycles. The molecule has 0 aliphatic carbocycles. The second-order valence-corrected chi connectivity index (χ2v) is 3.98. The van der Waals surface area contributed by atoms with Gasteiger partial charge in [-0.3, -0.25) is 9.69 Å². The standard InChI is InChI=1S/C12H23NO5/c1-4-10(5-2)8-13(9-11(15)17-3)12(16)18-7-6-14/h10,14H,4-9H2,1-3H3. The number of nitrogens with zero attached hydrogens (tertiary/aromatic N) is 1. The van der Waals surface area contributed by atoms with Crippen LogP contribution in [0.5, 0.6) is 0 Å². The third-order valence-corrected chi connectivity index (χ3v) is 2.76. The van der Waals surface area contributed by atoms with E-state index < -0.39 is 12.1 Å². The van der Waals surface area contributed by atoms with Gasteiger partial charge in [-0.1, -0.05) is 26.7 Å². The van der Waals surface area contributed by atoms with Crippen LogP contribution in [0.25, 0.3) is 0 Å². The first-order valence-corrected chi connectivity index (χ1v) is 6.18. The number of methoxy groups -OCH3 is 1. The fourth-order valence-corrected chi connectivity index (χ4v) is 1.51. The molecule has 106 valence electrons. The van der Waals surface area contributed by atoms with Crippen LogP contribution in [-0.4, -0.2) is 55.5 Å². The Morgan fingerprint density at radius 1 is 1.28 bits per heavy atom. The first kappa shape index (κ1) is 16.7. The molecule has 1 N–H and O–H groups in total. The maximum absolute atomic E-state index is 11.7. The van der Waals surface area contributed by atoms with Crippen LogP contribution in [0.1, 0.15) is 26.7 Å². The Balaban J connectivity index is 4.49. The smallest absolute Gasteiger partial charge is 0.410 e. The molecular formula is C12H23NO5. The van der Waals surface area contributed by atoms with Crippen LogP contribution in [0.3, 0.4) is 0 Å². The number of aliphatic hydroxyl groups excluding tert-OH is 1. The van der Waals surface area contributed by atoms with Crippen LogP contribution < -0.4 is 0 Å². The highest BCUT2D eigenvalue weighted by Gasteiger charge is 2.21. The van der Waals surface area contributed by atoms with Crippen LogP contribution >= 0.6 is 0 Å². The summed E-state index contributed by atoms with van der Waals surface area (Å²) in [5, 5.41) is 8.61. The minimum atomic E-state index is -0.596. The van der Waals surface area contributed by atoms with Gasteiger partial charge in [0.2, 0.25) is 0 Å². The van der Waals surface area contributed by atoms with Gasteiger partial charge in [-0.25, -0.2) is 4.79 Å². The van der Waals surface area contributed by atoms with Crippen molar-refractivity contribution in [2.24, 2.45) is 5.92 Å². The van der Waals surface area contributed by atoms with Gasteiger partial charge in [0.05, 0.1) is 13.7 Å². The highest BCUT2D eigenvalue weighted by atomic mass is 16.6. The molecule has 0 aliphatic heterocycles. The fraction of sp³-hybridized carbons (Fsp3) is 0.833. The van der Waals surface area contributed by atoms with Crippen LogP contribution in [0.2, 0.25) is 0 Å². The van der Waals surface area contributed by atoms with Gasteiger partial charge in [-0.2, -0.15) is 0 Å². The Bertz CT molecular complexity index is 253. The Morgan fingerprint density at radius 2 is 1.89 bits per heavy atom. The van der Waals surface area contributed by atoms with Gasteiger partial charge >= 0.3 is 12.1 Å². The Morgan fingerprint density at radius 3 is 2.33 bits per heavy atom. The number of esters is 1. The molecule has 0 bridgehead atoms. The van der Waals surface area contributed by atoms with Crippen molar-refractivity contribution in [3.8, 4) is 0 Å². The SMILES string of the molecule is CCC(CC)CN(CC(=O)OC)C(=O)OCCO. The molecule has 0 rings (SSSR count). The molecule has 0 aromatic carbocycles. The minimum Gasteiger partial charge on any atom is -0.468 e. The van der Waals surface area contributed by atoms with Crippen molar-refractivity contribution >= 4 is 12.1 Å². The number of hydrogen-bond acceptors (Lipinski definition) is 5. The topological polar surface area (TPSA) is 76.1 Å². The van der Waals surface area contributed by atoms with E-state index in [2.05, 4.69) is 4.74 Å². The van der Waals surface area contributed by atoms with Gasteiger partial charge < -0.3 is 14.6 Å².